The highest BCUT2D eigenvalue weighted by molar-refractivity contribution is 6.31. The summed E-state index contributed by atoms with van der Waals surface area (Å²) in [7, 11) is 0. The molecular weight excluding hydrogens is 346 g/mol. The monoisotopic (exact) mass is 359 g/mol. The normalized spacial score (nSPS) is 17.0. The molecular formula is C17H14ClN3O4. The lowest BCUT2D eigenvalue weighted by Crippen LogP contribution is -2.34. The maximum absolute atomic E-state index is 12.6. The number of aryl methyl sites for hydroxylation is 1. The van der Waals surface area contributed by atoms with Gasteiger partial charge in [0.25, 0.3) is 11.6 Å². The first kappa shape index (κ1) is 16.9. The second kappa shape index (κ2) is 6.52. The summed E-state index contributed by atoms with van der Waals surface area (Å²) in [6, 6.07) is 10.0. The third-order valence-corrected chi connectivity index (χ3v) is 4.21. The molecule has 3 rings (SSSR count). The summed E-state index contributed by atoms with van der Waals surface area (Å²) in [4.78, 5) is 36.4. The third-order valence-electron chi connectivity index (χ3n) is 3.97. The Morgan fingerprint density at radius 2 is 2.00 bits per heavy atom. The van der Waals surface area contributed by atoms with Crippen molar-refractivity contribution in [3.8, 4) is 0 Å². The second-order valence-corrected chi connectivity index (χ2v) is 6.14. The van der Waals surface area contributed by atoms with E-state index in [1.54, 1.807) is 37.3 Å². The van der Waals surface area contributed by atoms with Gasteiger partial charge in [0.15, 0.2) is 0 Å². The van der Waals surface area contributed by atoms with Crippen molar-refractivity contribution in [3.63, 3.8) is 0 Å². The van der Waals surface area contributed by atoms with Gasteiger partial charge in [-0.05, 0) is 30.7 Å². The lowest BCUT2D eigenvalue weighted by Gasteiger charge is -2.17. The smallest absolute Gasteiger partial charge is 0.271 e. The largest absolute Gasteiger partial charge is 0.373 e. The predicted octanol–water partition coefficient (Wildman–Crippen LogP) is 3.30. The van der Waals surface area contributed by atoms with E-state index in [0.717, 1.165) is 10.5 Å². The first-order valence-corrected chi connectivity index (χ1v) is 7.88. The van der Waals surface area contributed by atoms with Crippen LogP contribution in [0.4, 0.5) is 17.1 Å². The Hall–Kier alpha value is -2.93. The minimum Gasteiger partial charge on any atom is -0.373 e. The standard InChI is InChI=1S/C17H14ClN3O4/c1-10-5-6-13(21(24)25)8-14(10)19-15-9-16(22)20(17(15)23)12-4-2-3-11(18)7-12/h2-8,15,19H,9H2,1H3/t15-/m0/s1. The van der Waals surface area contributed by atoms with Gasteiger partial charge in [0.2, 0.25) is 5.91 Å². The summed E-state index contributed by atoms with van der Waals surface area (Å²) in [5, 5.41) is 14.3. The number of carbonyl (C=O) groups excluding carboxylic acids is 2. The van der Waals surface area contributed by atoms with Gasteiger partial charge in [-0.15, -0.1) is 0 Å². The molecule has 128 valence electrons. The summed E-state index contributed by atoms with van der Waals surface area (Å²) in [6.07, 6.45) is -0.0342. The number of nitrogens with one attached hydrogen (secondary N) is 1. The molecule has 0 spiro atoms. The number of amides is 2. The van der Waals surface area contributed by atoms with Crippen molar-refractivity contribution in [2.75, 3.05) is 10.2 Å². The van der Waals surface area contributed by atoms with Crippen LogP contribution in [0.1, 0.15) is 12.0 Å². The number of halogens is 1. The van der Waals surface area contributed by atoms with E-state index in [2.05, 4.69) is 5.32 Å². The van der Waals surface area contributed by atoms with E-state index in [1.807, 2.05) is 0 Å². The van der Waals surface area contributed by atoms with Gasteiger partial charge in [-0.3, -0.25) is 19.7 Å². The Labute approximate surface area is 148 Å². The summed E-state index contributed by atoms with van der Waals surface area (Å²) in [5.74, 6) is -0.772. The van der Waals surface area contributed by atoms with Crippen molar-refractivity contribution in [2.45, 2.75) is 19.4 Å². The number of rotatable bonds is 4. The van der Waals surface area contributed by atoms with Crippen molar-refractivity contribution in [1.29, 1.82) is 0 Å². The second-order valence-electron chi connectivity index (χ2n) is 5.70. The fraction of sp³-hybridized carbons (Fsp3) is 0.176. The lowest BCUT2D eigenvalue weighted by molar-refractivity contribution is -0.384. The molecule has 1 atom stereocenters. The van der Waals surface area contributed by atoms with Crippen molar-refractivity contribution in [1.82, 2.24) is 0 Å². The molecule has 0 unspecified atom stereocenters. The molecule has 1 aliphatic rings. The Morgan fingerprint density at radius 3 is 2.68 bits per heavy atom. The van der Waals surface area contributed by atoms with E-state index >= 15 is 0 Å². The topological polar surface area (TPSA) is 92.6 Å². The molecule has 2 amide bonds. The molecule has 0 saturated carbocycles. The molecule has 0 aromatic heterocycles. The molecule has 0 aliphatic carbocycles. The van der Waals surface area contributed by atoms with Crippen LogP contribution in [0.5, 0.6) is 0 Å². The van der Waals surface area contributed by atoms with Crippen LogP contribution in [0.25, 0.3) is 0 Å². The Kier molecular flexibility index (Phi) is 4.41. The molecule has 2 aromatic carbocycles. The van der Waals surface area contributed by atoms with Crippen molar-refractivity contribution >= 4 is 40.5 Å². The minimum absolute atomic E-state index is 0.0342. The van der Waals surface area contributed by atoms with Gasteiger partial charge in [0.1, 0.15) is 6.04 Å². The zero-order chi connectivity index (χ0) is 18.1. The molecule has 2 aromatic rings. The van der Waals surface area contributed by atoms with Crippen LogP contribution in [0.2, 0.25) is 5.02 Å². The molecule has 0 bridgehead atoms. The SMILES string of the molecule is Cc1ccc([N+](=O)[O-])cc1N[C@H]1CC(=O)N(c2cccc(Cl)c2)C1=O. The summed E-state index contributed by atoms with van der Waals surface area (Å²) >= 11 is 5.92. The quantitative estimate of drug-likeness (QED) is 0.513. The first-order chi connectivity index (χ1) is 11.9. The lowest BCUT2D eigenvalue weighted by atomic mass is 10.1. The van der Waals surface area contributed by atoms with Gasteiger partial charge < -0.3 is 5.32 Å². The number of nitrogens with zero attached hydrogens (tertiary/aromatic N) is 2. The molecule has 25 heavy (non-hydrogen) atoms. The van der Waals surface area contributed by atoms with Crippen LogP contribution in [-0.2, 0) is 9.59 Å². The average Bonchev–Trinajstić information content (AvgIpc) is 2.83. The number of benzene rings is 2. The predicted molar refractivity (Wildman–Crippen MR) is 93.8 cm³/mol. The third kappa shape index (κ3) is 3.32. The van der Waals surface area contributed by atoms with Crippen LogP contribution < -0.4 is 10.2 Å². The van der Waals surface area contributed by atoms with Crippen LogP contribution >= 0.6 is 11.6 Å². The number of nitro benzene ring substituents is 1. The van der Waals surface area contributed by atoms with Crippen LogP contribution in [0.15, 0.2) is 42.5 Å². The Balaban J connectivity index is 1.86. The highest BCUT2D eigenvalue weighted by Crippen LogP contribution is 2.29. The number of anilines is 2. The van der Waals surface area contributed by atoms with Crippen LogP contribution in [0, 0.1) is 17.0 Å². The van der Waals surface area contributed by atoms with Crippen LogP contribution in [0.3, 0.4) is 0 Å². The number of non-ortho nitro benzene ring substituents is 1. The van der Waals surface area contributed by atoms with Gasteiger partial charge in [-0.1, -0.05) is 23.7 Å². The van der Waals surface area contributed by atoms with E-state index < -0.39 is 16.9 Å². The molecule has 8 heteroatoms. The molecule has 1 aliphatic heterocycles. The summed E-state index contributed by atoms with van der Waals surface area (Å²) < 4.78 is 0. The van der Waals surface area contributed by atoms with Crippen molar-refractivity contribution < 1.29 is 14.5 Å². The van der Waals surface area contributed by atoms with Gasteiger partial charge in [-0.25, -0.2) is 4.90 Å². The van der Waals surface area contributed by atoms with Gasteiger partial charge in [0.05, 0.1) is 17.0 Å². The van der Waals surface area contributed by atoms with Gasteiger partial charge >= 0.3 is 0 Å². The molecule has 1 fully saturated rings. The zero-order valence-corrected chi connectivity index (χ0v) is 14.0. The fourth-order valence-electron chi connectivity index (χ4n) is 2.70. The van der Waals surface area contributed by atoms with E-state index in [4.69, 9.17) is 11.6 Å². The number of nitro groups is 1. The Morgan fingerprint density at radius 1 is 1.24 bits per heavy atom. The number of carbonyl (C=O) groups is 2. The van der Waals surface area contributed by atoms with E-state index in [-0.39, 0.29) is 18.0 Å². The van der Waals surface area contributed by atoms with Gasteiger partial charge in [-0.2, -0.15) is 0 Å². The van der Waals surface area contributed by atoms with Gasteiger partial charge in [0, 0.05) is 22.8 Å². The van der Waals surface area contributed by atoms with Crippen molar-refractivity contribution in [3.05, 3.63) is 63.2 Å². The summed E-state index contributed by atoms with van der Waals surface area (Å²) in [5.41, 5.74) is 1.51. The van der Waals surface area contributed by atoms with E-state index in [0.29, 0.717) is 16.4 Å². The zero-order valence-electron chi connectivity index (χ0n) is 13.2. The maximum Gasteiger partial charge on any atom is 0.271 e. The highest BCUT2D eigenvalue weighted by atomic mass is 35.5. The molecule has 1 saturated heterocycles. The van der Waals surface area contributed by atoms with Crippen LogP contribution in [-0.4, -0.2) is 22.8 Å². The number of hydrogen-bond acceptors (Lipinski definition) is 5. The maximum atomic E-state index is 12.6. The molecule has 1 heterocycles. The number of imide groups is 1. The first-order valence-electron chi connectivity index (χ1n) is 7.51. The minimum atomic E-state index is -0.785. The van der Waals surface area contributed by atoms with Crippen molar-refractivity contribution in [2.24, 2.45) is 0 Å². The summed E-state index contributed by atoms with van der Waals surface area (Å²) in [6.45, 7) is 1.77. The van der Waals surface area contributed by atoms with E-state index in [9.17, 15) is 19.7 Å². The average molecular weight is 360 g/mol. The molecule has 0 radical (unpaired) electrons. The highest BCUT2D eigenvalue weighted by Gasteiger charge is 2.39. The van der Waals surface area contributed by atoms with E-state index in [1.165, 1.54) is 12.1 Å². The molecule has 7 nitrogen and oxygen atoms in total. The Bertz CT molecular complexity index is 884. The number of hydrogen-bond donors (Lipinski definition) is 1. The fourth-order valence-corrected chi connectivity index (χ4v) is 2.88. The molecule has 1 N–H and O–H groups in total.